The third kappa shape index (κ3) is 4.56. The number of thioether (sulfide) groups is 1. The molecule has 2 amide bonds. The maximum atomic E-state index is 12.6. The van der Waals surface area contributed by atoms with E-state index < -0.39 is 9.84 Å². The minimum absolute atomic E-state index is 0.100. The van der Waals surface area contributed by atoms with Crippen molar-refractivity contribution >= 4 is 44.8 Å². The van der Waals surface area contributed by atoms with E-state index in [1.54, 1.807) is 19.1 Å². The Bertz CT molecular complexity index is 1020. The Morgan fingerprint density at radius 1 is 1.21 bits per heavy atom. The predicted molar refractivity (Wildman–Crippen MR) is 112 cm³/mol. The molecular formula is C20H22N2O4S2. The van der Waals surface area contributed by atoms with Gasteiger partial charge in [0.05, 0.1) is 21.6 Å². The first-order chi connectivity index (χ1) is 13.3. The first-order valence-electron chi connectivity index (χ1n) is 9.02. The fourth-order valence-corrected chi connectivity index (χ4v) is 5.08. The Morgan fingerprint density at radius 3 is 2.71 bits per heavy atom. The average Bonchev–Trinajstić information content (AvgIpc) is 2.67. The van der Waals surface area contributed by atoms with Gasteiger partial charge in [-0.15, -0.1) is 11.8 Å². The third-order valence-corrected chi connectivity index (χ3v) is 7.40. The highest BCUT2D eigenvalue weighted by Gasteiger charge is 2.25. The van der Waals surface area contributed by atoms with Crippen molar-refractivity contribution < 1.29 is 18.0 Å². The molecule has 0 saturated carbocycles. The number of amides is 2. The van der Waals surface area contributed by atoms with Gasteiger partial charge in [0.25, 0.3) is 0 Å². The molecule has 1 atom stereocenters. The van der Waals surface area contributed by atoms with Gasteiger partial charge in [0.15, 0.2) is 9.84 Å². The predicted octanol–water partition coefficient (Wildman–Crippen LogP) is 3.48. The number of carbonyl (C=O) groups is 2. The lowest BCUT2D eigenvalue weighted by molar-refractivity contribution is -0.116. The van der Waals surface area contributed by atoms with Gasteiger partial charge >= 0.3 is 0 Å². The molecular weight excluding hydrogens is 396 g/mol. The molecule has 1 heterocycles. The van der Waals surface area contributed by atoms with Crippen molar-refractivity contribution in [2.24, 2.45) is 0 Å². The molecule has 0 radical (unpaired) electrons. The molecule has 28 heavy (non-hydrogen) atoms. The molecule has 2 N–H and O–H groups in total. The molecule has 1 aliphatic rings. The van der Waals surface area contributed by atoms with Crippen molar-refractivity contribution in [2.75, 3.05) is 16.4 Å². The summed E-state index contributed by atoms with van der Waals surface area (Å²) in [5.74, 6) is -0.801. The van der Waals surface area contributed by atoms with Crippen molar-refractivity contribution in [3.8, 4) is 0 Å². The molecule has 0 aliphatic carbocycles. The number of carbonyl (C=O) groups excluding carboxylic acids is 2. The van der Waals surface area contributed by atoms with Crippen LogP contribution in [0, 0.1) is 0 Å². The Labute approximate surface area is 169 Å². The van der Waals surface area contributed by atoms with Gasteiger partial charge in [0.2, 0.25) is 11.8 Å². The van der Waals surface area contributed by atoms with E-state index in [1.165, 1.54) is 23.9 Å². The van der Waals surface area contributed by atoms with Crippen molar-refractivity contribution in [3.63, 3.8) is 0 Å². The molecule has 0 spiro atoms. The quantitative estimate of drug-likeness (QED) is 0.749. The summed E-state index contributed by atoms with van der Waals surface area (Å²) in [6.45, 7) is 3.78. The zero-order chi connectivity index (χ0) is 20.3. The maximum absolute atomic E-state index is 12.6. The smallest absolute Gasteiger partial charge is 0.237 e. The summed E-state index contributed by atoms with van der Waals surface area (Å²) in [4.78, 5) is 25.0. The van der Waals surface area contributed by atoms with Gasteiger partial charge in [-0.2, -0.15) is 0 Å². The minimum atomic E-state index is -3.65. The number of hydrogen-bond acceptors (Lipinski definition) is 5. The molecule has 6 nitrogen and oxygen atoms in total. The molecule has 2 aromatic carbocycles. The minimum Gasteiger partial charge on any atom is -0.326 e. The van der Waals surface area contributed by atoms with Crippen LogP contribution < -0.4 is 10.6 Å². The first kappa shape index (κ1) is 20.4. The first-order valence-corrected chi connectivity index (χ1v) is 11.6. The second kappa shape index (κ2) is 8.36. The van der Waals surface area contributed by atoms with Gasteiger partial charge in [-0.1, -0.05) is 25.1 Å². The van der Waals surface area contributed by atoms with Gasteiger partial charge in [-0.25, -0.2) is 8.42 Å². The van der Waals surface area contributed by atoms with Crippen molar-refractivity contribution in [2.45, 2.75) is 41.7 Å². The summed E-state index contributed by atoms with van der Waals surface area (Å²) in [6.07, 6.45) is 0.627. The van der Waals surface area contributed by atoms with E-state index in [0.29, 0.717) is 11.4 Å². The van der Waals surface area contributed by atoms with E-state index >= 15 is 0 Å². The van der Waals surface area contributed by atoms with Crippen LogP contribution in [-0.2, 0) is 25.8 Å². The van der Waals surface area contributed by atoms with E-state index in [2.05, 4.69) is 10.6 Å². The van der Waals surface area contributed by atoms with E-state index in [-0.39, 0.29) is 34.1 Å². The number of rotatable bonds is 6. The van der Waals surface area contributed by atoms with E-state index in [4.69, 9.17) is 0 Å². The normalized spacial score (nSPS) is 16.2. The van der Waals surface area contributed by atoms with Gasteiger partial charge < -0.3 is 10.6 Å². The lowest BCUT2D eigenvalue weighted by Crippen LogP contribution is -2.26. The van der Waals surface area contributed by atoms with E-state index in [9.17, 15) is 18.0 Å². The molecule has 2 aromatic rings. The Balaban J connectivity index is 1.68. The molecule has 0 aromatic heterocycles. The summed E-state index contributed by atoms with van der Waals surface area (Å²) < 4.78 is 25.3. The van der Waals surface area contributed by atoms with Crippen molar-refractivity contribution in [3.05, 3.63) is 48.0 Å². The van der Waals surface area contributed by atoms with Crippen LogP contribution in [0.25, 0.3) is 0 Å². The SMILES string of the molecule is CCc1ccccc1NC(=O)CCS(=O)(=O)c1ccc2c(c1)NC(=O)[C@H](C)S2. The average molecular weight is 419 g/mol. The summed E-state index contributed by atoms with van der Waals surface area (Å²) in [5.41, 5.74) is 2.20. The number of anilines is 2. The van der Waals surface area contributed by atoms with Crippen molar-refractivity contribution in [1.29, 1.82) is 0 Å². The van der Waals surface area contributed by atoms with Crippen LogP contribution in [0.3, 0.4) is 0 Å². The summed E-state index contributed by atoms with van der Waals surface area (Å²) in [6, 6.07) is 12.1. The lowest BCUT2D eigenvalue weighted by atomic mass is 10.1. The van der Waals surface area contributed by atoms with Crippen molar-refractivity contribution in [1.82, 2.24) is 0 Å². The van der Waals surface area contributed by atoms with Crippen LogP contribution in [0.15, 0.2) is 52.3 Å². The molecule has 0 saturated heterocycles. The number of fused-ring (bicyclic) bond motifs is 1. The topological polar surface area (TPSA) is 92.3 Å². The number of para-hydroxylation sites is 1. The number of sulfone groups is 1. The summed E-state index contributed by atoms with van der Waals surface area (Å²) in [7, 11) is -3.65. The summed E-state index contributed by atoms with van der Waals surface area (Å²) in [5, 5.41) is 5.29. The van der Waals surface area contributed by atoms with E-state index in [1.807, 2.05) is 25.1 Å². The van der Waals surface area contributed by atoms with Crippen LogP contribution in [0.5, 0.6) is 0 Å². The Kier molecular flexibility index (Phi) is 6.10. The van der Waals surface area contributed by atoms with Crippen LogP contribution in [0.1, 0.15) is 25.8 Å². The van der Waals surface area contributed by atoms with Crippen LogP contribution in [0.2, 0.25) is 0 Å². The maximum Gasteiger partial charge on any atom is 0.237 e. The molecule has 0 bridgehead atoms. The highest BCUT2D eigenvalue weighted by Crippen LogP contribution is 2.36. The highest BCUT2D eigenvalue weighted by atomic mass is 32.2. The van der Waals surface area contributed by atoms with Crippen LogP contribution in [0.4, 0.5) is 11.4 Å². The number of aryl methyl sites for hydroxylation is 1. The highest BCUT2D eigenvalue weighted by molar-refractivity contribution is 8.01. The number of benzene rings is 2. The van der Waals surface area contributed by atoms with Gasteiger partial charge in [0.1, 0.15) is 0 Å². The standard InChI is InChI=1S/C20H22N2O4S2/c1-3-14-6-4-5-7-16(14)21-19(23)10-11-28(25,26)15-8-9-18-17(12-15)22-20(24)13(2)27-18/h4-9,12-13H,3,10-11H2,1-2H3,(H,21,23)(H,22,24)/t13-/m0/s1. The Hall–Kier alpha value is -2.32. The molecule has 1 aliphatic heterocycles. The second-order valence-electron chi connectivity index (χ2n) is 6.54. The lowest BCUT2D eigenvalue weighted by Gasteiger charge is -2.21. The molecule has 148 valence electrons. The largest absolute Gasteiger partial charge is 0.326 e. The van der Waals surface area contributed by atoms with Crippen LogP contribution in [-0.4, -0.2) is 31.2 Å². The molecule has 8 heteroatoms. The zero-order valence-corrected chi connectivity index (χ0v) is 17.3. The molecule has 0 unspecified atom stereocenters. The van der Waals surface area contributed by atoms with Gasteiger partial charge in [-0.05, 0) is 43.2 Å². The van der Waals surface area contributed by atoms with Gasteiger partial charge in [-0.3, -0.25) is 9.59 Å². The second-order valence-corrected chi connectivity index (χ2v) is 10.0. The third-order valence-electron chi connectivity index (χ3n) is 4.51. The number of hydrogen-bond donors (Lipinski definition) is 2. The monoisotopic (exact) mass is 418 g/mol. The Morgan fingerprint density at radius 2 is 1.96 bits per heavy atom. The molecule has 0 fully saturated rings. The molecule has 3 rings (SSSR count). The van der Waals surface area contributed by atoms with Crippen LogP contribution >= 0.6 is 11.8 Å². The fourth-order valence-electron chi connectivity index (χ4n) is 2.89. The van der Waals surface area contributed by atoms with E-state index in [0.717, 1.165) is 16.9 Å². The fraction of sp³-hybridized carbons (Fsp3) is 0.300. The van der Waals surface area contributed by atoms with Gasteiger partial charge in [0, 0.05) is 17.0 Å². The number of nitrogens with one attached hydrogen (secondary N) is 2. The zero-order valence-electron chi connectivity index (χ0n) is 15.7. The summed E-state index contributed by atoms with van der Waals surface area (Å²) >= 11 is 1.39.